The maximum Gasteiger partial charge on any atom is 2.00 e. The van der Waals surface area contributed by atoms with Crippen LogP contribution >= 0.6 is 11.8 Å². The van der Waals surface area contributed by atoms with Gasteiger partial charge in [0.1, 0.15) is 0 Å². The minimum atomic E-state index is 0. The average molecular weight is 255 g/mol. The first-order valence-corrected chi connectivity index (χ1v) is 4.51. The molecule has 0 aliphatic heterocycles. The molecule has 0 unspecified atom stereocenters. The van der Waals surface area contributed by atoms with Crippen LogP contribution < -0.4 is 17.0 Å². The average Bonchev–Trinajstić information content (AvgIpc) is 2.03. The monoisotopic (exact) mass is 254 g/mol. The molecule has 0 N–H and O–H groups in total. The Morgan fingerprint density at radius 2 is 2.17 bits per heavy atom. The summed E-state index contributed by atoms with van der Waals surface area (Å²) in [7, 11) is 0. The fourth-order valence-electron chi connectivity index (χ4n) is 0.679. The summed E-state index contributed by atoms with van der Waals surface area (Å²) in [5.41, 5.74) is 0. The quantitative estimate of drug-likeness (QED) is 0.403. The molecule has 62 valence electrons. The molecule has 0 bridgehead atoms. The molecule has 0 saturated carbocycles. The van der Waals surface area contributed by atoms with Crippen molar-refractivity contribution in [2.24, 2.45) is 0 Å². The molecule has 0 atom stereocenters. The minimum Gasteiger partial charge on any atom is -1.00 e. The SMILES string of the molecule is CCCSc1[c-]cccc1.[Br-].[Mg+2]. The maximum absolute atomic E-state index is 3.17. The van der Waals surface area contributed by atoms with E-state index in [9.17, 15) is 0 Å². The second-order valence-corrected chi connectivity index (χ2v) is 3.21. The molecule has 0 nitrogen and oxygen atoms in total. The molecule has 0 aliphatic rings. The van der Waals surface area contributed by atoms with Crippen LogP contribution in [0.25, 0.3) is 0 Å². The maximum atomic E-state index is 3.17. The topological polar surface area (TPSA) is 0 Å². The van der Waals surface area contributed by atoms with Gasteiger partial charge in [-0.3, -0.25) is 0 Å². The Hall–Kier alpha value is 0.816. The molecule has 1 aromatic rings. The normalized spacial score (nSPS) is 8.08. The summed E-state index contributed by atoms with van der Waals surface area (Å²) in [5.74, 6) is 1.19. The van der Waals surface area contributed by atoms with E-state index < -0.39 is 0 Å². The van der Waals surface area contributed by atoms with Gasteiger partial charge in [0.05, 0.1) is 0 Å². The van der Waals surface area contributed by atoms with Crippen LogP contribution in [-0.4, -0.2) is 28.8 Å². The van der Waals surface area contributed by atoms with Crippen LogP contribution in [0.3, 0.4) is 0 Å². The number of thioether (sulfide) groups is 1. The first kappa shape index (κ1) is 15.3. The molecule has 0 fully saturated rings. The first-order valence-electron chi connectivity index (χ1n) is 3.53. The summed E-state index contributed by atoms with van der Waals surface area (Å²) in [6.07, 6.45) is 1.23. The first-order chi connectivity index (χ1) is 4.93. The van der Waals surface area contributed by atoms with Gasteiger partial charge >= 0.3 is 23.1 Å². The van der Waals surface area contributed by atoms with Crippen LogP contribution in [0.4, 0.5) is 0 Å². The summed E-state index contributed by atoms with van der Waals surface area (Å²) in [6.45, 7) is 2.19. The van der Waals surface area contributed by atoms with E-state index in [-0.39, 0.29) is 40.0 Å². The van der Waals surface area contributed by atoms with Gasteiger partial charge in [-0.2, -0.15) is 42.1 Å². The Bertz CT molecular complexity index is 179. The van der Waals surface area contributed by atoms with Crippen molar-refractivity contribution < 1.29 is 17.0 Å². The van der Waals surface area contributed by atoms with Crippen LogP contribution in [0.1, 0.15) is 13.3 Å². The number of rotatable bonds is 3. The molecule has 0 spiro atoms. The Balaban J connectivity index is 0. The van der Waals surface area contributed by atoms with Crippen molar-refractivity contribution in [1.29, 1.82) is 0 Å². The van der Waals surface area contributed by atoms with Crippen molar-refractivity contribution >= 4 is 34.8 Å². The number of hydrogen-bond donors (Lipinski definition) is 0. The van der Waals surface area contributed by atoms with Crippen LogP contribution in [-0.2, 0) is 0 Å². The second kappa shape index (κ2) is 9.90. The predicted molar refractivity (Wildman–Crippen MR) is 52.0 cm³/mol. The molecule has 12 heavy (non-hydrogen) atoms. The number of hydrogen-bond acceptors (Lipinski definition) is 1. The molecule has 1 aromatic carbocycles. The van der Waals surface area contributed by atoms with Crippen LogP contribution in [0.15, 0.2) is 29.2 Å². The second-order valence-electron chi connectivity index (χ2n) is 2.08. The van der Waals surface area contributed by atoms with Crippen molar-refractivity contribution in [3.63, 3.8) is 0 Å². The van der Waals surface area contributed by atoms with Crippen molar-refractivity contribution in [3.05, 3.63) is 30.3 Å². The summed E-state index contributed by atoms with van der Waals surface area (Å²) >= 11 is 1.86. The molecular weight excluding hydrogens is 244 g/mol. The summed E-state index contributed by atoms with van der Waals surface area (Å²) in [4.78, 5) is 1.25. The van der Waals surface area contributed by atoms with Crippen LogP contribution in [0.2, 0.25) is 0 Å². The largest absolute Gasteiger partial charge is 2.00 e. The van der Waals surface area contributed by atoms with Gasteiger partial charge in [0, 0.05) is 0 Å². The van der Waals surface area contributed by atoms with E-state index in [1.807, 2.05) is 23.9 Å². The fourth-order valence-corrected chi connectivity index (χ4v) is 1.43. The molecule has 0 saturated heterocycles. The van der Waals surface area contributed by atoms with Gasteiger partial charge < -0.3 is 17.0 Å². The summed E-state index contributed by atoms with van der Waals surface area (Å²) in [5, 5.41) is 0. The van der Waals surface area contributed by atoms with Crippen LogP contribution in [0, 0.1) is 6.07 Å². The van der Waals surface area contributed by atoms with Crippen molar-refractivity contribution in [2.75, 3.05) is 5.75 Å². The van der Waals surface area contributed by atoms with E-state index in [4.69, 9.17) is 0 Å². The summed E-state index contributed by atoms with van der Waals surface area (Å²) < 4.78 is 0. The fraction of sp³-hybridized carbons (Fsp3) is 0.333. The standard InChI is InChI=1S/C9H11S.BrH.Mg/c1-2-8-10-9-6-4-3-5-7-9;;/h3-6H,2,8H2,1H3;1H;/q-1;;+2/p-1. The van der Waals surface area contributed by atoms with Crippen molar-refractivity contribution in [1.82, 2.24) is 0 Å². The molecule has 0 heterocycles. The van der Waals surface area contributed by atoms with Gasteiger partial charge in [0.25, 0.3) is 0 Å². The molecular formula is C9H11BrMgS. The Labute approximate surface area is 105 Å². The Kier molecular flexibility index (Phi) is 12.6. The van der Waals surface area contributed by atoms with E-state index in [0.717, 1.165) is 0 Å². The minimum absolute atomic E-state index is 0. The zero-order valence-electron chi connectivity index (χ0n) is 7.22. The molecule has 0 aliphatic carbocycles. The van der Waals surface area contributed by atoms with Gasteiger partial charge in [-0.1, -0.05) is 6.92 Å². The van der Waals surface area contributed by atoms with Gasteiger partial charge in [-0.15, -0.1) is 4.90 Å². The molecule has 0 amide bonds. The molecule has 0 aromatic heterocycles. The third-order valence-corrected chi connectivity index (χ3v) is 2.32. The van der Waals surface area contributed by atoms with Gasteiger partial charge in [-0.25, -0.2) is 0 Å². The molecule has 0 radical (unpaired) electrons. The van der Waals surface area contributed by atoms with E-state index in [1.54, 1.807) is 0 Å². The van der Waals surface area contributed by atoms with E-state index >= 15 is 0 Å². The third-order valence-electron chi connectivity index (χ3n) is 1.14. The number of benzene rings is 1. The third kappa shape index (κ3) is 6.35. The zero-order chi connectivity index (χ0) is 7.23. The predicted octanol–water partition coefficient (Wildman–Crippen LogP) is -0.388. The van der Waals surface area contributed by atoms with Gasteiger partial charge in [0.15, 0.2) is 0 Å². The molecule has 3 heteroatoms. The summed E-state index contributed by atoms with van der Waals surface area (Å²) in [6, 6.07) is 11.3. The van der Waals surface area contributed by atoms with E-state index in [0.29, 0.717) is 0 Å². The zero-order valence-corrected chi connectivity index (χ0v) is 11.0. The number of halogens is 1. The Morgan fingerprint density at radius 1 is 1.42 bits per heavy atom. The Morgan fingerprint density at radius 3 is 2.67 bits per heavy atom. The van der Waals surface area contributed by atoms with Gasteiger partial charge in [0.2, 0.25) is 0 Å². The van der Waals surface area contributed by atoms with E-state index in [2.05, 4.69) is 25.1 Å². The van der Waals surface area contributed by atoms with Crippen LogP contribution in [0.5, 0.6) is 0 Å². The van der Waals surface area contributed by atoms with Crippen molar-refractivity contribution in [3.8, 4) is 0 Å². The van der Waals surface area contributed by atoms with E-state index in [1.165, 1.54) is 17.1 Å². The van der Waals surface area contributed by atoms with Gasteiger partial charge in [-0.05, 0) is 12.2 Å². The molecule has 1 rings (SSSR count). The van der Waals surface area contributed by atoms with Crippen molar-refractivity contribution in [2.45, 2.75) is 18.2 Å². The smallest absolute Gasteiger partial charge is 1.00 e.